The van der Waals surface area contributed by atoms with Crippen LogP contribution in [0.4, 0.5) is 13.2 Å². The lowest BCUT2D eigenvalue weighted by Crippen LogP contribution is -2.30. The summed E-state index contributed by atoms with van der Waals surface area (Å²) in [5, 5.41) is 3.38. The van der Waals surface area contributed by atoms with Crippen LogP contribution in [0.1, 0.15) is 34.9 Å². The van der Waals surface area contributed by atoms with Gasteiger partial charge in [0.15, 0.2) is 0 Å². The third-order valence-corrected chi connectivity index (χ3v) is 5.04. The van der Waals surface area contributed by atoms with Crippen molar-refractivity contribution in [1.82, 2.24) is 5.32 Å². The summed E-state index contributed by atoms with van der Waals surface area (Å²) >= 11 is 0. The number of aliphatic imine (C=N–C) groups is 1. The van der Waals surface area contributed by atoms with E-state index in [2.05, 4.69) is 10.3 Å². The van der Waals surface area contributed by atoms with Crippen molar-refractivity contribution in [3.8, 4) is 0 Å². The smallest absolute Gasteiger partial charge is 0.416 e. The predicted octanol–water partition coefficient (Wildman–Crippen LogP) is 4.19. The van der Waals surface area contributed by atoms with Crippen LogP contribution in [-0.4, -0.2) is 18.9 Å². The molecular weight excluding hydrogens is 317 g/mol. The fraction of sp³-hybridized carbons (Fsp3) is 0.389. The Morgan fingerprint density at radius 3 is 2.79 bits per heavy atom. The van der Waals surface area contributed by atoms with E-state index in [1.807, 2.05) is 6.07 Å². The summed E-state index contributed by atoms with van der Waals surface area (Å²) in [6.45, 7) is 0.807. The molecule has 3 nitrogen and oxygen atoms in total. The summed E-state index contributed by atoms with van der Waals surface area (Å²) in [7, 11) is 0. The molecule has 1 N–H and O–H groups in total. The number of fused-ring (bicyclic) bond motifs is 1. The van der Waals surface area contributed by atoms with Gasteiger partial charge in [-0.05, 0) is 29.7 Å². The minimum Gasteiger partial charge on any atom is -0.472 e. The van der Waals surface area contributed by atoms with Crippen molar-refractivity contribution in [3.63, 3.8) is 0 Å². The third kappa shape index (κ3) is 2.75. The first-order chi connectivity index (χ1) is 11.5. The Bertz CT molecular complexity index is 739. The van der Waals surface area contributed by atoms with Gasteiger partial charge in [0.1, 0.15) is 6.17 Å². The van der Waals surface area contributed by atoms with Gasteiger partial charge in [0, 0.05) is 30.5 Å². The first kappa shape index (κ1) is 15.4. The number of nitrogens with one attached hydrogen (secondary N) is 1. The number of alkyl halides is 3. The summed E-state index contributed by atoms with van der Waals surface area (Å²) in [5.41, 5.74) is 1.19. The summed E-state index contributed by atoms with van der Waals surface area (Å²) in [6.07, 6.45) is 1.68. The van der Waals surface area contributed by atoms with Crippen molar-refractivity contribution in [3.05, 3.63) is 59.5 Å². The molecule has 4 atom stereocenters. The molecule has 24 heavy (non-hydrogen) atoms. The monoisotopic (exact) mass is 334 g/mol. The first-order valence-electron chi connectivity index (χ1n) is 7.98. The topological polar surface area (TPSA) is 37.5 Å². The van der Waals surface area contributed by atoms with Gasteiger partial charge in [-0.3, -0.25) is 10.3 Å². The van der Waals surface area contributed by atoms with Crippen molar-refractivity contribution >= 4 is 6.21 Å². The molecule has 0 radical (unpaired) electrons. The Morgan fingerprint density at radius 2 is 2.04 bits per heavy atom. The highest BCUT2D eigenvalue weighted by molar-refractivity contribution is 5.69. The van der Waals surface area contributed by atoms with Crippen LogP contribution in [-0.2, 0) is 6.18 Å². The Balaban J connectivity index is 1.59. The summed E-state index contributed by atoms with van der Waals surface area (Å²) in [6, 6.07) is 7.52. The molecule has 2 aliphatic rings. The van der Waals surface area contributed by atoms with Gasteiger partial charge in [0.25, 0.3) is 0 Å². The normalized spacial score (nSPS) is 29.6. The fourth-order valence-electron chi connectivity index (χ4n) is 3.80. The lowest BCUT2D eigenvalue weighted by Gasteiger charge is -2.29. The van der Waals surface area contributed by atoms with Crippen LogP contribution >= 0.6 is 0 Å². The molecule has 2 aliphatic heterocycles. The van der Waals surface area contributed by atoms with E-state index >= 15 is 0 Å². The Hall–Kier alpha value is -2.08. The zero-order valence-corrected chi connectivity index (χ0v) is 12.8. The molecule has 2 aromatic rings. The number of nitrogens with zero attached hydrogens (tertiary/aromatic N) is 1. The van der Waals surface area contributed by atoms with Crippen LogP contribution in [0.3, 0.4) is 0 Å². The predicted molar refractivity (Wildman–Crippen MR) is 84.0 cm³/mol. The summed E-state index contributed by atoms with van der Waals surface area (Å²) < 4.78 is 44.0. The van der Waals surface area contributed by atoms with Crippen molar-refractivity contribution < 1.29 is 17.6 Å². The molecule has 4 unspecified atom stereocenters. The molecule has 4 rings (SSSR count). The highest BCUT2D eigenvalue weighted by atomic mass is 19.4. The maximum absolute atomic E-state index is 12.9. The third-order valence-electron chi connectivity index (χ3n) is 5.04. The van der Waals surface area contributed by atoms with Crippen LogP contribution in [0.15, 0.2) is 52.3 Å². The quantitative estimate of drug-likeness (QED) is 0.894. The second-order valence-electron chi connectivity index (χ2n) is 6.44. The molecule has 1 aromatic carbocycles. The van der Waals surface area contributed by atoms with Crippen LogP contribution in [0.25, 0.3) is 0 Å². The average Bonchev–Trinajstić information content (AvgIpc) is 3.22. The number of hydrogen-bond acceptors (Lipinski definition) is 3. The van der Waals surface area contributed by atoms with Crippen LogP contribution < -0.4 is 5.32 Å². The summed E-state index contributed by atoms with van der Waals surface area (Å²) in [5.74, 6) is 0.439. The first-order valence-corrected chi connectivity index (χ1v) is 7.98. The zero-order valence-electron chi connectivity index (χ0n) is 12.8. The second-order valence-corrected chi connectivity index (χ2v) is 6.44. The van der Waals surface area contributed by atoms with E-state index in [1.165, 1.54) is 12.1 Å². The van der Waals surface area contributed by atoms with E-state index in [9.17, 15) is 13.2 Å². The van der Waals surface area contributed by atoms with Gasteiger partial charge in [0.2, 0.25) is 0 Å². The molecular formula is C18H17F3N2O. The summed E-state index contributed by atoms with van der Waals surface area (Å²) in [4.78, 5) is 4.55. The Morgan fingerprint density at radius 1 is 1.17 bits per heavy atom. The molecule has 1 saturated heterocycles. The standard InChI is InChI=1S/C18H17F3N2O/c19-18(20,21)14-3-1-2-11(6-14)13-7-15-16(12-4-5-24-10-12)9-23-17(15)22-8-13/h1-6,8,10,13,15-17,23H,7,9H2. The molecule has 1 fully saturated rings. The molecule has 0 spiro atoms. The molecule has 6 heteroatoms. The number of benzene rings is 1. The lowest BCUT2D eigenvalue weighted by atomic mass is 9.79. The van der Waals surface area contributed by atoms with E-state index in [-0.39, 0.29) is 23.9 Å². The van der Waals surface area contributed by atoms with Gasteiger partial charge < -0.3 is 4.42 Å². The highest BCUT2D eigenvalue weighted by Crippen LogP contribution is 2.42. The number of furan rings is 1. The van der Waals surface area contributed by atoms with E-state index in [1.54, 1.807) is 24.8 Å². The van der Waals surface area contributed by atoms with E-state index in [0.29, 0.717) is 5.56 Å². The van der Waals surface area contributed by atoms with Crippen LogP contribution in [0.2, 0.25) is 0 Å². The maximum Gasteiger partial charge on any atom is 0.416 e. The number of hydrogen-bond donors (Lipinski definition) is 1. The Kier molecular flexibility index (Phi) is 3.72. The number of rotatable bonds is 2. The van der Waals surface area contributed by atoms with Gasteiger partial charge in [-0.25, -0.2) is 0 Å². The molecule has 0 saturated carbocycles. The van der Waals surface area contributed by atoms with Crippen molar-refractivity contribution in [2.75, 3.05) is 6.54 Å². The van der Waals surface area contributed by atoms with Gasteiger partial charge in [-0.2, -0.15) is 13.2 Å². The van der Waals surface area contributed by atoms with Gasteiger partial charge >= 0.3 is 6.18 Å². The molecule has 126 valence electrons. The van der Waals surface area contributed by atoms with Crippen molar-refractivity contribution in [2.45, 2.75) is 30.6 Å². The average molecular weight is 334 g/mol. The second kappa shape index (κ2) is 5.77. The van der Waals surface area contributed by atoms with Gasteiger partial charge in [0.05, 0.1) is 18.1 Å². The largest absolute Gasteiger partial charge is 0.472 e. The van der Waals surface area contributed by atoms with Gasteiger partial charge in [-0.15, -0.1) is 0 Å². The van der Waals surface area contributed by atoms with Crippen molar-refractivity contribution in [1.29, 1.82) is 0 Å². The zero-order chi connectivity index (χ0) is 16.7. The van der Waals surface area contributed by atoms with Crippen LogP contribution in [0, 0.1) is 5.92 Å². The maximum atomic E-state index is 12.9. The molecule has 3 heterocycles. The highest BCUT2D eigenvalue weighted by Gasteiger charge is 2.40. The minimum absolute atomic E-state index is 0.0342. The molecule has 0 aliphatic carbocycles. The van der Waals surface area contributed by atoms with Crippen LogP contribution in [0.5, 0.6) is 0 Å². The van der Waals surface area contributed by atoms with Crippen molar-refractivity contribution in [2.24, 2.45) is 10.9 Å². The molecule has 0 amide bonds. The lowest BCUT2D eigenvalue weighted by molar-refractivity contribution is -0.137. The molecule has 1 aromatic heterocycles. The van der Waals surface area contributed by atoms with Gasteiger partial charge in [-0.1, -0.05) is 18.2 Å². The number of halogens is 3. The van der Waals surface area contributed by atoms with E-state index in [4.69, 9.17) is 4.42 Å². The van der Waals surface area contributed by atoms with E-state index in [0.717, 1.165) is 24.6 Å². The van der Waals surface area contributed by atoms with E-state index < -0.39 is 11.7 Å². The fourth-order valence-corrected chi connectivity index (χ4v) is 3.80. The molecule has 0 bridgehead atoms. The minimum atomic E-state index is -4.32. The SMILES string of the molecule is FC(F)(F)c1cccc(C2C=NC3NCC(c4ccoc4)C3C2)c1. The Labute approximate surface area is 137 Å².